The number of hydrogen-bond acceptors (Lipinski definition) is 4. The molecule has 2 N–H and O–H groups in total. The summed E-state index contributed by atoms with van der Waals surface area (Å²) < 4.78 is 34.0. The lowest BCUT2D eigenvalue weighted by atomic mass is 9.92. The number of fused-ring (bicyclic) bond motifs is 1. The van der Waals surface area contributed by atoms with E-state index < -0.39 is 12.1 Å². The molecule has 0 bridgehead atoms. The summed E-state index contributed by atoms with van der Waals surface area (Å²) in [6, 6.07) is 13.0. The number of halogens is 3. The van der Waals surface area contributed by atoms with Gasteiger partial charge >= 0.3 is 18.2 Å². The van der Waals surface area contributed by atoms with Crippen LogP contribution in [0, 0.1) is 0 Å². The third kappa shape index (κ3) is 6.99. The van der Waals surface area contributed by atoms with Crippen molar-refractivity contribution >= 4 is 23.0 Å². The van der Waals surface area contributed by atoms with Gasteiger partial charge in [0, 0.05) is 42.3 Å². The lowest BCUT2D eigenvalue weighted by molar-refractivity contribution is -0.192. The van der Waals surface area contributed by atoms with Gasteiger partial charge in [0.1, 0.15) is 5.52 Å². The zero-order valence-electron chi connectivity index (χ0n) is 21.3. The highest BCUT2D eigenvalue weighted by Crippen LogP contribution is 2.34. The number of carboxylic acids is 1. The van der Waals surface area contributed by atoms with Gasteiger partial charge in [0.2, 0.25) is 0 Å². The first-order valence-corrected chi connectivity index (χ1v) is 12.2. The quantitative estimate of drug-likeness (QED) is 0.467. The molecule has 1 aliphatic heterocycles. The van der Waals surface area contributed by atoms with Crippen molar-refractivity contribution in [3.63, 3.8) is 0 Å². The molecule has 8 nitrogen and oxygen atoms in total. The van der Waals surface area contributed by atoms with Crippen molar-refractivity contribution in [2.45, 2.75) is 64.7 Å². The molecule has 4 rings (SSSR count). The summed E-state index contributed by atoms with van der Waals surface area (Å²) in [7, 11) is 0. The number of carbonyl (C=O) groups excluding carboxylic acids is 1. The van der Waals surface area contributed by atoms with E-state index in [2.05, 4.69) is 41.9 Å². The highest BCUT2D eigenvalue weighted by Gasteiger charge is 2.38. The van der Waals surface area contributed by atoms with E-state index in [0.29, 0.717) is 12.0 Å². The molecular weight excluding hydrogens is 487 g/mol. The number of urea groups is 1. The molecule has 3 heterocycles. The third-order valence-corrected chi connectivity index (χ3v) is 6.04. The van der Waals surface area contributed by atoms with Crippen LogP contribution in [0.5, 0.6) is 0 Å². The number of alkyl halides is 3. The van der Waals surface area contributed by atoms with Gasteiger partial charge in [-0.15, -0.1) is 0 Å². The topological polar surface area (TPSA) is 100 Å². The Hall–Kier alpha value is -3.63. The largest absolute Gasteiger partial charge is 0.490 e. The first kappa shape index (κ1) is 27.9. The molecule has 0 spiro atoms. The summed E-state index contributed by atoms with van der Waals surface area (Å²) >= 11 is 0. The van der Waals surface area contributed by atoms with Crippen molar-refractivity contribution in [1.29, 1.82) is 0 Å². The maximum Gasteiger partial charge on any atom is 0.490 e. The maximum absolute atomic E-state index is 12.3. The van der Waals surface area contributed by atoms with Crippen LogP contribution >= 0.6 is 0 Å². The number of nitrogens with zero attached hydrogens (tertiary/aromatic N) is 4. The molecule has 1 fully saturated rings. The standard InChI is InChI=1S/C24H31N5O.C2HF3O2/c1-16(2)26-24(30)28-12-10-18(11-13-28)20-14-21-23(25-15-29(21)17(3)4)22(27-20)19-8-6-5-7-9-19;3-2(4,5)1(6)7/h5-9,14-18H,10-13H2,1-4H3,(H,26,30);(H,6,7). The van der Waals surface area contributed by atoms with Gasteiger partial charge in [-0.25, -0.2) is 14.6 Å². The molecule has 0 radical (unpaired) electrons. The van der Waals surface area contributed by atoms with E-state index in [0.717, 1.165) is 53.9 Å². The van der Waals surface area contributed by atoms with E-state index in [4.69, 9.17) is 19.9 Å². The number of amides is 2. The summed E-state index contributed by atoms with van der Waals surface area (Å²) in [4.78, 5) is 33.0. The Bertz CT molecular complexity index is 1220. The second-order valence-corrected chi connectivity index (χ2v) is 9.54. The van der Waals surface area contributed by atoms with Crippen LogP contribution in [-0.4, -0.2) is 61.8 Å². The molecule has 0 atom stereocenters. The van der Waals surface area contributed by atoms with Gasteiger partial charge in [-0.3, -0.25) is 4.98 Å². The van der Waals surface area contributed by atoms with Crippen LogP contribution in [0.15, 0.2) is 42.7 Å². The SMILES string of the molecule is CC(C)NC(=O)N1CCC(c2cc3c(ncn3C(C)C)c(-c3ccccc3)n2)CC1.O=C(O)C(F)(F)F. The van der Waals surface area contributed by atoms with E-state index in [1.54, 1.807) is 0 Å². The molecular formula is C26H32F3N5O3. The summed E-state index contributed by atoms with van der Waals surface area (Å²) in [5.74, 6) is -2.41. The van der Waals surface area contributed by atoms with E-state index in [1.807, 2.05) is 43.3 Å². The second-order valence-electron chi connectivity index (χ2n) is 9.54. The predicted molar refractivity (Wildman–Crippen MR) is 134 cm³/mol. The molecule has 1 aromatic carbocycles. The molecule has 1 saturated heterocycles. The fraction of sp³-hybridized carbons (Fsp3) is 0.462. The van der Waals surface area contributed by atoms with E-state index in [-0.39, 0.29) is 12.1 Å². The first-order valence-electron chi connectivity index (χ1n) is 12.2. The number of aromatic nitrogens is 3. The molecule has 0 unspecified atom stereocenters. The van der Waals surface area contributed by atoms with E-state index in [9.17, 15) is 18.0 Å². The van der Waals surface area contributed by atoms with Crippen molar-refractivity contribution in [2.75, 3.05) is 13.1 Å². The fourth-order valence-corrected chi connectivity index (χ4v) is 4.18. The van der Waals surface area contributed by atoms with Crippen molar-refractivity contribution in [1.82, 2.24) is 24.8 Å². The Labute approximate surface area is 213 Å². The smallest absolute Gasteiger partial charge is 0.475 e. The van der Waals surface area contributed by atoms with Crippen LogP contribution in [-0.2, 0) is 4.79 Å². The first-order chi connectivity index (χ1) is 17.4. The minimum Gasteiger partial charge on any atom is -0.475 e. The molecule has 11 heteroatoms. The van der Waals surface area contributed by atoms with Crippen molar-refractivity contribution in [3.8, 4) is 11.3 Å². The van der Waals surface area contributed by atoms with Gasteiger partial charge in [0.25, 0.3) is 0 Å². The predicted octanol–water partition coefficient (Wildman–Crippen LogP) is 5.61. The number of piperidine rings is 1. The monoisotopic (exact) mass is 519 g/mol. The summed E-state index contributed by atoms with van der Waals surface area (Å²) in [6.45, 7) is 9.85. The number of imidazole rings is 1. The third-order valence-electron chi connectivity index (χ3n) is 6.04. The van der Waals surface area contributed by atoms with Crippen LogP contribution in [0.1, 0.15) is 58.2 Å². The maximum atomic E-state index is 12.3. The minimum absolute atomic E-state index is 0.0368. The normalized spacial score (nSPS) is 14.6. The van der Waals surface area contributed by atoms with E-state index in [1.165, 1.54) is 0 Å². The summed E-state index contributed by atoms with van der Waals surface area (Å²) in [5, 5.41) is 10.1. The number of hydrogen-bond donors (Lipinski definition) is 2. The average molecular weight is 520 g/mol. The van der Waals surface area contributed by atoms with Gasteiger partial charge in [0.05, 0.1) is 17.5 Å². The average Bonchev–Trinajstić information content (AvgIpc) is 3.28. The van der Waals surface area contributed by atoms with Gasteiger partial charge in [-0.1, -0.05) is 30.3 Å². The van der Waals surface area contributed by atoms with Crippen molar-refractivity contribution < 1.29 is 27.9 Å². The van der Waals surface area contributed by atoms with Gasteiger partial charge < -0.3 is 19.9 Å². The number of rotatable bonds is 4. The van der Waals surface area contributed by atoms with Crippen LogP contribution in [0.2, 0.25) is 0 Å². The summed E-state index contributed by atoms with van der Waals surface area (Å²) in [5.41, 5.74) is 5.23. The zero-order valence-corrected chi connectivity index (χ0v) is 21.3. The lowest BCUT2D eigenvalue weighted by Crippen LogP contribution is -2.46. The molecule has 1 aliphatic rings. The van der Waals surface area contributed by atoms with E-state index >= 15 is 0 Å². The van der Waals surface area contributed by atoms with Crippen LogP contribution in [0.3, 0.4) is 0 Å². The molecule has 3 aromatic rings. The van der Waals surface area contributed by atoms with Crippen LogP contribution in [0.25, 0.3) is 22.3 Å². The molecule has 2 aromatic heterocycles. The van der Waals surface area contributed by atoms with Crippen LogP contribution < -0.4 is 5.32 Å². The van der Waals surface area contributed by atoms with Crippen molar-refractivity contribution in [3.05, 3.63) is 48.4 Å². The van der Waals surface area contributed by atoms with Gasteiger partial charge in [-0.2, -0.15) is 13.2 Å². The number of carbonyl (C=O) groups is 2. The zero-order chi connectivity index (χ0) is 27.3. The van der Waals surface area contributed by atoms with Crippen LogP contribution in [0.4, 0.5) is 18.0 Å². The number of aliphatic carboxylic acids is 1. The minimum atomic E-state index is -5.08. The van der Waals surface area contributed by atoms with Gasteiger partial charge in [0.15, 0.2) is 0 Å². The molecule has 0 saturated carbocycles. The highest BCUT2D eigenvalue weighted by atomic mass is 19.4. The summed E-state index contributed by atoms with van der Waals surface area (Å²) in [6.07, 6.45) is -1.31. The van der Waals surface area contributed by atoms with Crippen molar-refractivity contribution in [2.24, 2.45) is 0 Å². The lowest BCUT2D eigenvalue weighted by Gasteiger charge is -2.32. The molecule has 0 aliphatic carbocycles. The number of benzene rings is 1. The number of pyridine rings is 1. The van der Waals surface area contributed by atoms with Gasteiger partial charge in [-0.05, 0) is 46.6 Å². The Morgan fingerprint density at radius 3 is 2.19 bits per heavy atom. The highest BCUT2D eigenvalue weighted by molar-refractivity contribution is 5.90. The molecule has 200 valence electrons. The molecule has 37 heavy (non-hydrogen) atoms. The Balaban J connectivity index is 0.000000479. The fourth-order valence-electron chi connectivity index (χ4n) is 4.18. The number of nitrogens with one attached hydrogen (secondary N) is 1. The number of likely N-dealkylation sites (tertiary alicyclic amines) is 1. The Kier molecular flexibility index (Phi) is 8.77. The Morgan fingerprint density at radius 2 is 1.68 bits per heavy atom. The Morgan fingerprint density at radius 1 is 1.08 bits per heavy atom. The second kappa shape index (κ2) is 11.6. The molecule has 2 amide bonds. The number of carboxylic acid groups (broad SMARTS) is 1.